The summed E-state index contributed by atoms with van der Waals surface area (Å²) in [6.45, 7) is 6.41. The molecule has 2 aliphatic rings. The monoisotopic (exact) mass is 461 g/mol. The highest BCUT2D eigenvalue weighted by Gasteiger charge is 2.35. The van der Waals surface area contributed by atoms with Gasteiger partial charge in [0.2, 0.25) is 15.9 Å². The lowest BCUT2D eigenvalue weighted by atomic mass is 9.95. The summed E-state index contributed by atoms with van der Waals surface area (Å²) in [6, 6.07) is 4.40. The molecule has 0 aromatic heterocycles. The van der Waals surface area contributed by atoms with Gasteiger partial charge in [-0.05, 0) is 57.7 Å². The number of benzene rings is 1. The fourth-order valence-corrected chi connectivity index (χ4v) is 5.74. The molecule has 0 radical (unpaired) electrons. The minimum atomic E-state index is -4.61. The highest BCUT2D eigenvalue weighted by molar-refractivity contribution is 7.89. The Balaban J connectivity index is 1.55. The van der Waals surface area contributed by atoms with Crippen LogP contribution in [0.25, 0.3) is 0 Å². The minimum absolute atomic E-state index is 0.0564. The van der Waals surface area contributed by atoms with Gasteiger partial charge in [0, 0.05) is 44.2 Å². The molecule has 2 saturated heterocycles. The maximum absolute atomic E-state index is 12.9. The Kier molecular flexibility index (Phi) is 7.32. The molecule has 174 valence electrons. The summed E-state index contributed by atoms with van der Waals surface area (Å²) < 4.78 is 65.6. The Morgan fingerprint density at radius 3 is 2.23 bits per heavy atom. The summed E-state index contributed by atoms with van der Waals surface area (Å²) in [6.07, 6.45) is -2.11. The first-order valence-corrected chi connectivity index (χ1v) is 12.1. The number of rotatable bonds is 5. The fraction of sp³-hybridized carbons (Fsp3) is 0.667. The molecular weight excluding hydrogens is 431 g/mol. The number of hydrogen-bond donors (Lipinski definition) is 1. The molecule has 1 amide bonds. The van der Waals surface area contributed by atoms with Crippen LogP contribution in [-0.4, -0.2) is 61.8 Å². The Morgan fingerprint density at radius 1 is 1.06 bits per heavy atom. The summed E-state index contributed by atoms with van der Waals surface area (Å²) in [5.41, 5.74) is -0.994. The molecule has 6 nitrogen and oxygen atoms in total. The van der Waals surface area contributed by atoms with Crippen molar-refractivity contribution in [2.75, 3.05) is 26.2 Å². The van der Waals surface area contributed by atoms with Gasteiger partial charge in [0.25, 0.3) is 0 Å². The second-order valence-electron chi connectivity index (χ2n) is 8.62. The number of nitrogens with zero attached hydrogens (tertiary/aromatic N) is 2. The van der Waals surface area contributed by atoms with Gasteiger partial charge < -0.3 is 10.2 Å². The van der Waals surface area contributed by atoms with Crippen LogP contribution >= 0.6 is 0 Å². The number of alkyl halides is 3. The molecule has 1 aromatic rings. The SMILES string of the molecule is CC(C)N1CCC(NC(=O)C2CCN(S(=O)(=O)c3cccc(C(F)(F)F)c3)CC2)CC1. The number of halogens is 3. The van der Waals surface area contributed by atoms with Crippen LogP contribution in [0.1, 0.15) is 45.1 Å². The van der Waals surface area contributed by atoms with Crippen molar-refractivity contribution >= 4 is 15.9 Å². The van der Waals surface area contributed by atoms with E-state index in [1.807, 2.05) is 0 Å². The van der Waals surface area contributed by atoms with Gasteiger partial charge in [-0.15, -0.1) is 0 Å². The summed E-state index contributed by atoms with van der Waals surface area (Å²) in [7, 11) is -4.04. The predicted molar refractivity (Wildman–Crippen MR) is 111 cm³/mol. The van der Waals surface area contributed by atoms with E-state index in [4.69, 9.17) is 0 Å². The molecule has 1 N–H and O–H groups in total. The van der Waals surface area contributed by atoms with Gasteiger partial charge in [0.1, 0.15) is 0 Å². The zero-order valence-corrected chi connectivity index (χ0v) is 18.7. The van der Waals surface area contributed by atoms with Crippen LogP contribution in [-0.2, 0) is 21.0 Å². The van der Waals surface area contributed by atoms with Crippen LogP contribution in [0.4, 0.5) is 13.2 Å². The zero-order chi connectivity index (χ0) is 22.8. The minimum Gasteiger partial charge on any atom is -0.353 e. The normalized spacial score (nSPS) is 20.8. The maximum Gasteiger partial charge on any atom is 0.416 e. The molecule has 0 aliphatic carbocycles. The molecule has 2 heterocycles. The van der Waals surface area contributed by atoms with E-state index in [1.165, 1.54) is 10.4 Å². The van der Waals surface area contributed by atoms with Crippen LogP contribution in [0.2, 0.25) is 0 Å². The topological polar surface area (TPSA) is 69.7 Å². The largest absolute Gasteiger partial charge is 0.416 e. The number of hydrogen-bond acceptors (Lipinski definition) is 4. The Bertz CT molecular complexity index is 873. The summed E-state index contributed by atoms with van der Waals surface area (Å²) in [5.74, 6) is -0.338. The van der Waals surface area contributed by atoms with Crippen molar-refractivity contribution in [2.45, 2.75) is 62.7 Å². The Hall–Kier alpha value is -1.65. The Labute approximate surface area is 181 Å². The van der Waals surface area contributed by atoms with Crippen LogP contribution in [0.5, 0.6) is 0 Å². The molecule has 0 spiro atoms. The van der Waals surface area contributed by atoms with Gasteiger partial charge in [-0.2, -0.15) is 17.5 Å². The molecular formula is C21H30F3N3O3S. The van der Waals surface area contributed by atoms with E-state index in [1.54, 1.807) is 0 Å². The van der Waals surface area contributed by atoms with Crippen molar-refractivity contribution in [3.63, 3.8) is 0 Å². The van der Waals surface area contributed by atoms with Crippen LogP contribution in [0.15, 0.2) is 29.2 Å². The molecule has 2 aliphatic heterocycles. The van der Waals surface area contributed by atoms with Crippen LogP contribution < -0.4 is 5.32 Å². The first-order valence-electron chi connectivity index (χ1n) is 10.7. The highest BCUT2D eigenvalue weighted by atomic mass is 32.2. The van der Waals surface area contributed by atoms with Crippen LogP contribution in [0, 0.1) is 5.92 Å². The number of carbonyl (C=O) groups is 1. The summed E-state index contributed by atoms with van der Waals surface area (Å²) in [4.78, 5) is 14.6. The van der Waals surface area contributed by atoms with Crippen LogP contribution in [0.3, 0.4) is 0 Å². The molecule has 31 heavy (non-hydrogen) atoms. The summed E-state index contributed by atoms with van der Waals surface area (Å²) in [5, 5.41) is 3.10. The lowest BCUT2D eigenvalue weighted by Crippen LogP contribution is -2.49. The predicted octanol–water partition coefficient (Wildman–Crippen LogP) is 3.10. The standard InChI is InChI=1S/C21H30F3N3O3S/c1-15(2)26-10-8-18(9-11-26)25-20(28)16-6-12-27(13-7-16)31(29,30)19-5-3-4-17(14-19)21(22,23)24/h3-5,14-16,18H,6-13H2,1-2H3,(H,25,28). The van der Waals surface area contributed by atoms with Crippen molar-refractivity contribution in [1.82, 2.24) is 14.5 Å². The number of sulfonamides is 1. The molecule has 10 heteroatoms. The molecule has 0 bridgehead atoms. The third-order valence-corrected chi connectivity index (χ3v) is 8.12. The molecule has 3 rings (SSSR count). The van der Waals surface area contributed by atoms with Gasteiger partial charge in [0.05, 0.1) is 10.5 Å². The average Bonchev–Trinajstić information content (AvgIpc) is 2.73. The van der Waals surface area contributed by atoms with Gasteiger partial charge in [-0.3, -0.25) is 4.79 Å². The maximum atomic E-state index is 12.9. The summed E-state index contributed by atoms with van der Waals surface area (Å²) >= 11 is 0. The third-order valence-electron chi connectivity index (χ3n) is 6.23. The van der Waals surface area contributed by atoms with E-state index in [0.29, 0.717) is 24.9 Å². The molecule has 0 saturated carbocycles. The number of carbonyl (C=O) groups excluding carboxylic acids is 1. The lowest BCUT2D eigenvalue weighted by Gasteiger charge is -2.36. The quantitative estimate of drug-likeness (QED) is 0.732. The molecule has 0 unspecified atom stereocenters. The Morgan fingerprint density at radius 2 is 1.68 bits per heavy atom. The number of nitrogens with one attached hydrogen (secondary N) is 1. The molecule has 1 aromatic carbocycles. The van der Waals surface area contributed by atoms with Gasteiger partial charge in [-0.25, -0.2) is 8.42 Å². The fourth-order valence-electron chi connectivity index (χ4n) is 4.22. The van der Waals surface area contributed by atoms with Crippen molar-refractivity contribution in [3.05, 3.63) is 29.8 Å². The molecule has 2 fully saturated rings. The van der Waals surface area contributed by atoms with Crippen molar-refractivity contribution in [2.24, 2.45) is 5.92 Å². The third kappa shape index (κ3) is 5.78. The number of piperidine rings is 2. The zero-order valence-electron chi connectivity index (χ0n) is 17.9. The number of likely N-dealkylation sites (tertiary alicyclic amines) is 1. The van der Waals surface area contributed by atoms with E-state index >= 15 is 0 Å². The first-order chi connectivity index (χ1) is 14.5. The van der Waals surface area contributed by atoms with E-state index in [2.05, 4.69) is 24.1 Å². The van der Waals surface area contributed by atoms with Crippen molar-refractivity contribution < 1.29 is 26.4 Å². The van der Waals surface area contributed by atoms with E-state index in [-0.39, 0.29) is 35.9 Å². The van der Waals surface area contributed by atoms with E-state index in [9.17, 15) is 26.4 Å². The average molecular weight is 462 g/mol. The number of amides is 1. The van der Waals surface area contributed by atoms with Gasteiger partial charge >= 0.3 is 6.18 Å². The van der Waals surface area contributed by atoms with Crippen molar-refractivity contribution in [1.29, 1.82) is 0 Å². The smallest absolute Gasteiger partial charge is 0.353 e. The first kappa shape index (κ1) is 24.0. The highest BCUT2D eigenvalue weighted by Crippen LogP contribution is 2.32. The molecule has 0 atom stereocenters. The van der Waals surface area contributed by atoms with Gasteiger partial charge in [-0.1, -0.05) is 6.07 Å². The van der Waals surface area contributed by atoms with E-state index in [0.717, 1.165) is 38.1 Å². The second kappa shape index (κ2) is 9.46. The lowest BCUT2D eigenvalue weighted by molar-refractivity contribution is -0.137. The van der Waals surface area contributed by atoms with Crippen molar-refractivity contribution in [3.8, 4) is 0 Å². The van der Waals surface area contributed by atoms with Gasteiger partial charge in [0.15, 0.2) is 0 Å². The van der Waals surface area contributed by atoms with E-state index < -0.39 is 21.8 Å². The second-order valence-corrected chi connectivity index (χ2v) is 10.6.